The number of nitrogens with two attached hydrogens (primary N) is 1. The molecule has 0 spiro atoms. The number of hydrogen-bond donors (Lipinski definition) is 1. The van der Waals surface area contributed by atoms with Gasteiger partial charge in [-0.25, -0.2) is 0 Å². The van der Waals surface area contributed by atoms with Gasteiger partial charge in [0.15, 0.2) is 0 Å². The van der Waals surface area contributed by atoms with Crippen LogP contribution in [0.5, 0.6) is 0 Å². The SMILES string of the molecule is CC1CCN(C(c2ccccc2)C(C)C)C(CN)C1. The lowest BCUT2D eigenvalue weighted by molar-refractivity contribution is 0.0534. The van der Waals surface area contributed by atoms with Crippen LogP contribution in [0.25, 0.3) is 0 Å². The van der Waals surface area contributed by atoms with Gasteiger partial charge in [0.1, 0.15) is 0 Å². The van der Waals surface area contributed by atoms with Crippen molar-refractivity contribution in [3.8, 4) is 0 Å². The van der Waals surface area contributed by atoms with Gasteiger partial charge in [0.2, 0.25) is 0 Å². The summed E-state index contributed by atoms with van der Waals surface area (Å²) in [5.41, 5.74) is 7.47. The predicted molar refractivity (Wildman–Crippen MR) is 82.0 cm³/mol. The molecule has 2 N–H and O–H groups in total. The van der Waals surface area contributed by atoms with E-state index in [1.807, 2.05) is 0 Å². The first-order valence-corrected chi connectivity index (χ1v) is 7.64. The smallest absolute Gasteiger partial charge is 0.0374 e. The van der Waals surface area contributed by atoms with Gasteiger partial charge in [-0.1, -0.05) is 51.1 Å². The van der Waals surface area contributed by atoms with Crippen LogP contribution < -0.4 is 5.73 Å². The van der Waals surface area contributed by atoms with Crippen LogP contribution >= 0.6 is 0 Å². The summed E-state index contributed by atoms with van der Waals surface area (Å²) in [6.45, 7) is 8.96. The van der Waals surface area contributed by atoms with Gasteiger partial charge in [0.05, 0.1) is 0 Å². The second-order valence-electron chi connectivity index (χ2n) is 6.36. The van der Waals surface area contributed by atoms with E-state index in [9.17, 15) is 0 Å². The third-order valence-corrected chi connectivity index (χ3v) is 4.43. The molecule has 1 aliphatic rings. The van der Waals surface area contributed by atoms with E-state index < -0.39 is 0 Å². The van der Waals surface area contributed by atoms with Gasteiger partial charge in [-0.05, 0) is 36.8 Å². The van der Waals surface area contributed by atoms with Crippen LogP contribution in [0.2, 0.25) is 0 Å². The average molecular weight is 260 g/mol. The zero-order chi connectivity index (χ0) is 13.8. The zero-order valence-electron chi connectivity index (χ0n) is 12.5. The number of benzene rings is 1. The predicted octanol–water partition coefficient (Wildman–Crippen LogP) is 3.44. The summed E-state index contributed by atoms with van der Waals surface area (Å²) in [6, 6.07) is 12.0. The summed E-state index contributed by atoms with van der Waals surface area (Å²) < 4.78 is 0. The molecule has 0 aromatic heterocycles. The van der Waals surface area contributed by atoms with E-state index in [-0.39, 0.29) is 0 Å². The molecule has 3 atom stereocenters. The molecule has 1 saturated heterocycles. The molecule has 1 aliphatic heterocycles. The van der Waals surface area contributed by atoms with Gasteiger partial charge < -0.3 is 5.73 Å². The van der Waals surface area contributed by atoms with Crippen molar-refractivity contribution >= 4 is 0 Å². The fourth-order valence-corrected chi connectivity index (χ4v) is 3.48. The first-order valence-electron chi connectivity index (χ1n) is 7.64. The Morgan fingerprint density at radius 2 is 1.95 bits per heavy atom. The molecule has 2 rings (SSSR count). The number of rotatable bonds is 4. The Morgan fingerprint density at radius 1 is 1.26 bits per heavy atom. The second kappa shape index (κ2) is 6.53. The monoisotopic (exact) mass is 260 g/mol. The second-order valence-corrected chi connectivity index (χ2v) is 6.36. The lowest BCUT2D eigenvalue weighted by atomic mass is 9.86. The molecular weight excluding hydrogens is 232 g/mol. The highest BCUT2D eigenvalue weighted by Gasteiger charge is 2.32. The molecule has 0 aliphatic carbocycles. The van der Waals surface area contributed by atoms with Crippen LogP contribution in [0.4, 0.5) is 0 Å². The third-order valence-electron chi connectivity index (χ3n) is 4.43. The lowest BCUT2D eigenvalue weighted by Crippen LogP contribution is -2.49. The summed E-state index contributed by atoms with van der Waals surface area (Å²) in [6.07, 6.45) is 2.54. The highest BCUT2D eigenvalue weighted by Crippen LogP contribution is 2.35. The van der Waals surface area contributed by atoms with Gasteiger partial charge >= 0.3 is 0 Å². The van der Waals surface area contributed by atoms with Crippen LogP contribution in [-0.2, 0) is 0 Å². The highest BCUT2D eigenvalue weighted by atomic mass is 15.2. The Balaban J connectivity index is 2.23. The van der Waals surface area contributed by atoms with Crippen LogP contribution in [0, 0.1) is 11.8 Å². The van der Waals surface area contributed by atoms with Crippen molar-refractivity contribution in [2.75, 3.05) is 13.1 Å². The Labute approximate surface area is 118 Å². The highest BCUT2D eigenvalue weighted by molar-refractivity contribution is 5.20. The largest absolute Gasteiger partial charge is 0.329 e. The Bertz CT molecular complexity index is 374. The molecule has 3 unspecified atom stereocenters. The zero-order valence-corrected chi connectivity index (χ0v) is 12.5. The minimum atomic E-state index is 0.502. The summed E-state index contributed by atoms with van der Waals surface area (Å²) in [7, 11) is 0. The first kappa shape index (κ1) is 14.5. The van der Waals surface area contributed by atoms with E-state index in [4.69, 9.17) is 5.73 Å². The van der Waals surface area contributed by atoms with E-state index >= 15 is 0 Å². The van der Waals surface area contributed by atoms with Crippen molar-refractivity contribution < 1.29 is 0 Å². The summed E-state index contributed by atoms with van der Waals surface area (Å²) >= 11 is 0. The van der Waals surface area contributed by atoms with Crippen molar-refractivity contribution in [1.29, 1.82) is 0 Å². The molecule has 1 aromatic carbocycles. The van der Waals surface area contributed by atoms with Crippen molar-refractivity contribution in [3.63, 3.8) is 0 Å². The van der Waals surface area contributed by atoms with Crippen LogP contribution in [-0.4, -0.2) is 24.0 Å². The molecule has 1 heterocycles. The fraction of sp³-hybridized carbons (Fsp3) is 0.647. The van der Waals surface area contributed by atoms with E-state index in [2.05, 4.69) is 56.0 Å². The third kappa shape index (κ3) is 3.37. The van der Waals surface area contributed by atoms with Gasteiger partial charge in [-0.15, -0.1) is 0 Å². The van der Waals surface area contributed by atoms with E-state index in [0.717, 1.165) is 12.5 Å². The molecule has 19 heavy (non-hydrogen) atoms. The van der Waals surface area contributed by atoms with Gasteiger partial charge in [-0.3, -0.25) is 4.90 Å². The minimum absolute atomic E-state index is 0.502. The van der Waals surface area contributed by atoms with Crippen molar-refractivity contribution in [2.45, 2.75) is 45.7 Å². The van der Waals surface area contributed by atoms with E-state index in [1.54, 1.807) is 0 Å². The molecule has 0 saturated carbocycles. The molecule has 106 valence electrons. The first-order chi connectivity index (χ1) is 9.13. The molecule has 0 radical (unpaired) electrons. The van der Waals surface area contributed by atoms with Crippen LogP contribution in [0.1, 0.15) is 45.2 Å². The molecule has 2 nitrogen and oxygen atoms in total. The van der Waals surface area contributed by atoms with Crippen molar-refractivity contribution in [3.05, 3.63) is 35.9 Å². The maximum Gasteiger partial charge on any atom is 0.0374 e. The molecule has 1 fully saturated rings. The normalized spacial score (nSPS) is 26.6. The summed E-state index contributed by atoms with van der Waals surface area (Å²) in [5.74, 6) is 1.43. The number of piperidine rings is 1. The summed E-state index contributed by atoms with van der Waals surface area (Å²) in [4.78, 5) is 2.65. The number of nitrogens with zero attached hydrogens (tertiary/aromatic N) is 1. The average Bonchev–Trinajstić information content (AvgIpc) is 2.41. The van der Waals surface area contributed by atoms with Gasteiger partial charge in [0, 0.05) is 18.6 Å². The maximum atomic E-state index is 6.03. The Morgan fingerprint density at radius 3 is 2.53 bits per heavy atom. The Kier molecular flexibility index (Phi) is 5.00. The summed E-state index contributed by atoms with van der Waals surface area (Å²) in [5, 5.41) is 0. The van der Waals surface area contributed by atoms with Crippen LogP contribution in [0.15, 0.2) is 30.3 Å². The molecule has 0 bridgehead atoms. The fourth-order valence-electron chi connectivity index (χ4n) is 3.48. The quantitative estimate of drug-likeness (QED) is 0.898. The van der Waals surface area contributed by atoms with E-state index in [1.165, 1.54) is 24.9 Å². The van der Waals surface area contributed by atoms with E-state index in [0.29, 0.717) is 18.0 Å². The lowest BCUT2D eigenvalue weighted by Gasteiger charge is -2.44. The van der Waals surface area contributed by atoms with Crippen LogP contribution in [0.3, 0.4) is 0 Å². The van der Waals surface area contributed by atoms with Gasteiger partial charge in [0.25, 0.3) is 0 Å². The van der Waals surface area contributed by atoms with Crippen molar-refractivity contribution in [2.24, 2.45) is 17.6 Å². The minimum Gasteiger partial charge on any atom is -0.329 e. The molecular formula is C17H28N2. The topological polar surface area (TPSA) is 29.3 Å². The molecule has 2 heteroatoms. The van der Waals surface area contributed by atoms with Gasteiger partial charge in [-0.2, -0.15) is 0 Å². The maximum absolute atomic E-state index is 6.03. The molecule has 1 aromatic rings. The Hall–Kier alpha value is -0.860. The standard InChI is InChI=1S/C17H28N2/c1-13(2)17(15-7-5-4-6-8-15)19-10-9-14(3)11-16(19)12-18/h4-8,13-14,16-17H,9-12,18H2,1-3H3. The van der Waals surface area contributed by atoms with Crippen molar-refractivity contribution in [1.82, 2.24) is 4.90 Å². The molecule has 0 amide bonds. The number of likely N-dealkylation sites (tertiary alicyclic amines) is 1. The number of hydrogen-bond acceptors (Lipinski definition) is 2.